The van der Waals surface area contributed by atoms with Crippen LogP contribution in [0.2, 0.25) is 0 Å². The number of carbonyl (C=O) groups is 1. The highest BCUT2D eigenvalue weighted by atomic mass is 16.4. The molecule has 0 saturated carbocycles. The lowest BCUT2D eigenvalue weighted by Crippen LogP contribution is -2.29. The Kier molecular flexibility index (Phi) is 11.1. The highest BCUT2D eigenvalue weighted by Gasteiger charge is 2.03. The molecule has 0 aliphatic carbocycles. The molecule has 0 aromatic carbocycles. The minimum Gasteiger partial charge on any atom is -0.481 e. The summed E-state index contributed by atoms with van der Waals surface area (Å²) in [5.74, 6) is -0.692. The molecule has 0 amide bonds. The van der Waals surface area contributed by atoms with E-state index in [2.05, 4.69) is 31.0 Å². The van der Waals surface area contributed by atoms with Gasteiger partial charge in [-0.15, -0.1) is 0 Å². The fourth-order valence-electron chi connectivity index (χ4n) is 2.01. The van der Waals surface area contributed by atoms with Crippen molar-refractivity contribution in [3.63, 3.8) is 0 Å². The summed E-state index contributed by atoms with van der Waals surface area (Å²) >= 11 is 0. The molecule has 0 saturated heterocycles. The van der Waals surface area contributed by atoms with Gasteiger partial charge in [0.05, 0.1) is 0 Å². The van der Waals surface area contributed by atoms with Gasteiger partial charge in [-0.25, -0.2) is 0 Å². The molecule has 0 spiro atoms. The zero-order chi connectivity index (χ0) is 13.8. The Hall–Kier alpha value is -0.610. The first-order valence-corrected chi connectivity index (χ1v) is 7.27. The number of aliphatic carboxylic acids is 1. The van der Waals surface area contributed by atoms with Crippen molar-refractivity contribution in [3.05, 3.63) is 0 Å². The Bertz CT molecular complexity index is 206. The van der Waals surface area contributed by atoms with E-state index in [0.29, 0.717) is 6.04 Å². The summed E-state index contributed by atoms with van der Waals surface area (Å²) in [5, 5.41) is 12.0. The van der Waals surface area contributed by atoms with Crippen LogP contribution < -0.4 is 5.32 Å². The number of carboxylic acids is 1. The van der Waals surface area contributed by atoms with Crippen LogP contribution in [0.25, 0.3) is 0 Å². The van der Waals surface area contributed by atoms with E-state index in [0.717, 1.165) is 32.5 Å². The van der Waals surface area contributed by atoms with Gasteiger partial charge in [0.2, 0.25) is 0 Å². The Morgan fingerprint density at radius 1 is 1.22 bits per heavy atom. The van der Waals surface area contributed by atoms with Gasteiger partial charge >= 0.3 is 5.97 Å². The monoisotopic (exact) mass is 258 g/mol. The maximum Gasteiger partial charge on any atom is 0.303 e. The number of nitrogens with one attached hydrogen (secondary N) is 1. The van der Waals surface area contributed by atoms with Gasteiger partial charge in [0, 0.05) is 12.5 Å². The lowest BCUT2D eigenvalue weighted by molar-refractivity contribution is -0.137. The van der Waals surface area contributed by atoms with Crippen LogP contribution in [0.5, 0.6) is 0 Å². The summed E-state index contributed by atoms with van der Waals surface area (Å²) in [4.78, 5) is 12.8. The molecule has 0 radical (unpaired) electrons. The van der Waals surface area contributed by atoms with Crippen LogP contribution in [-0.2, 0) is 4.79 Å². The number of unbranched alkanes of at least 4 members (excludes halogenated alkanes) is 1. The van der Waals surface area contributed by atoms with E-state index in [1.807, 2.05) is 0 Å². The van der Waals surface area contributed by atoms with Crippen molar-refractivity contribution >= 4 is 5.97 Å². The molecule has 0 heterocycles. The van der Waals surface area contributed by atoms with Gasteiger partial charge in [-0.3, -0.25) is 4.79 Å². The lowest BCUT2D eigenvalue weighted by Gasteiger charge is -2.19. The van der Waals surface area contributed by atoms with Crippen molar-refractivity contribution in [2.24, 2.45) is 0 Å². The molecule has 4 heteroatoms. The lowest BCUT2D eigenvalue weighted by atomic mass is 10.1. The van der Waals surface area contributed by atoms with E-state index in [-0.39, 0.29) is 6.42 Å². The van der Waals surface area contributed by atoms with Crippen molar-refractivity contribution in [2.75, 3.05) is 26.2 Å². The molecular weight excluding hydrogens is 228 g/mol. The topological polar surface area (TPSA) is 52.6 Å². The van der Waals surface area contributed by atoms with Gasteiger partial charge in [0.1, 0.15) is 0 Å². The molecule has 0 bridgehead atoms. The molecule has 18 heavy (non-hydrogen) atoms. The van der Waals surface area contributed by atoms with Gasteiger partial charge in [-0.2, -0.15) is 0 Å². The fraction of sp³-hybridized carbons (Fsp3) is 0.929. The van der Waals surface area contributed by atoms with E-state index < -0.39 is 5.97 Å². The molecule has 0 aliphatic rings. The van der Waals surface area contributed by atoms with Gasteiger partial charge in [-0.1, -0.05) is 13.8 Å². The molecule has 0 aromatic heterocycles. The normalized spacial score (nSPS) is 12.9. The van der Waals surface area contributed by atoms with Crippen molar-refractivity contribution < 1.29 is 9.90 Å². The van der Waals surface area contributed by atoms with Gasteiger partial charge in [0.15, 0.2) is 0 Å². The van der Waals surface area contributed by atoms with E-state index in [4.69, 9.17) is 5.11 Å². The van der Waals surface area contributed by atoms with Gasteiger partial charge in [0.25, 0.3) is 0 Å². The molecular formula is C14H30N2O2. The smallest absolute Gasteiger partial charge is 0.303 e. The standard InChI is InChI=1S/C14H30N2O2/c1-4-16(5-2)12-8-9-13(3)15-11-7-6-10-14(17)18/h13,15H,4-12H2,1-3H3,(H,17,18). The van der Waals surface area contributed by atoms with Crippen molar-refractivity contribution in [2.45, 2.75) is 58.9 Å². The Morgan fingerprint density at radius 2 is 1.89 bits per heavy atom. The zero-order valence-corrected chi connectivity index (χ0v) is 12.2. The number of carboxylic acid groups (broad SMARTS) is 1. The van der Waals surface area contributed by atoms with Gasteiger partial charge < -0.3 is 15.3 Å². The summed E-state index contributed by atoms with van der Waals surface area (Å²) < 4.78 is 0. The largest absolute Gasteiger partial charge is 0.481 e. The predicted molar refractivity (Wildman–Crippen MR) is 76.0 cm³/mol. The minimum absolute atomic E-state index is 0.290. The summed E-state index contributed by atoms with van der Waals surface area (Å²) in [5.41, 5.74) is 0. The van der Waals surface area contributed by atoms with Crippen LogP contribution in [0, 0.1) is 0 Å². The Labute approximate surface area is 112 Å². The predicted octanol–water partition coefficient (Wildman–Crippen LogP) is 2.34. The minimum atomic E-state index is -0.692. The molecule has 0 rings (SSSR count). The zero-order valence-electron chi connectivity index (χ0n) is 12.2. The van der Waals surface area contributed by atoms with Crippen molar-refractivity contribution in [3.8, 4) is 0 Å². The van der Waals surface area contributed by atoms with Crippen LogP contribution in [-0.4, -0.2) is 48.2 Å². The van der Waals surface area contributed by atoms with Crippen LogP contribution in [0.4, 0.5) is 0 Å². The van der Waals surface area contributed by atoms with Crippen LogP contribution in [0.15, 0.2) is 0 Å². The molecule has 1 unspecified atom stereocenters. The first kappa shape index (κ1) is 17.4. The average molecular weight is 258 g/mol. The van der Waals surface area contributed by atoms with E-state index in [1.54, 1.807) is 0 Å². The third kappa shape index (κ3) is 10.5. The third-order valence-corrected chi connectivity index (χ3v) is 3.32. The fourth-order valence-corrected chi connectivity index (χ4v) is 2.01. The Balaban J connectivity index is 3.37. The maximum absolute atomic E-state index is 10.3. The Morgan fingerprint density at radius 3 is 2.44 bits per heavy atom. The van der Waals surface area contributed by atoms with Crippen LogP contribution in [0.1, 0.15) is 52.9 Å². The number of rotatable bonds is 12. The summed E-state index contributed by atoms with van der Waals surface area (Å²) in [6.45, 7) is 11.0. The summed E-state index contributed by atoms with van der Waals surface area (Å²) in [6.07, 6.45) is 4.43. The summed E-state index contributed by atoms with van der Waals surface area (Å²) in [7, 11) is 0. The summed E-state index contributed by atoms with van der Waals surface area (Å²) in [6, 6.07) is 0.533. The SMILES string of the molecule is CCN(CC)CCCC(C)NCCCCC(=O)O. The maximum atomic E-state index is 10.3. The molecule has 4 nitrogen and oxygen atoms in total. The van der Waals surface area contributed by atoms with Crippen molar-refractivity contribution in [1.82, 2.24) is 10.2 Å². The van der Waals surface area contributed by atoms with E-state index in [1.165, 1.54) is 19.4 Å². The molecule has 0 aromatic rings. The quantitative estimate of drug-likeness (QED) is 0.528. The molecule has 1 atom stereocenters. The third-order valence-electron chi connectivity index (χ3n) is 3.32. The second-order valence-electron chi connectivity index (χ2n) is 4.88. The van der Waals surface area contributed by atoms with E-state index in [9.17, 15) is 4.79 Å². The number of hydrogen-bond donors (Lipinski definition) is 2. The second-order valence-corrected chi connectivity index (χ2v) is 4.88. The first-order chi connectivity index (χ1) is 8.60. The van der Waals surface area contributed by atoms with Crippen LogP contribution >= 0.6 is 0 Å². The van der Waals surface area contributed by atoms with Crippen LogP contribution in [0.3, 0.4) is 0 Å². The molecule has 2 N–H and O–H groups in total. The number of nitrogens with zero attached hydrogens (tertiary/aromatic N) is 1. The van der Waals surface area contributed by atoms with Crippen molar-refractivity contribution in [1.29, 1.82) is 0 Å². The number of hydrogen-bond acceptors (Lipinski definition) is 3. The first-order valence-electron chi connectivity index (χ1n) is 7.27. The van der Waals surface area contributed by atoms with Gasteiger partial charge in [-0.05, 0) is 58.8 Å². The highest BCUT2D eigenvalue weighted by Crippen LogP contribution is 2.00. The molecule has 0 aliphatic heterocycles. The average Bonchev–Trinajstić information content (AvgIpc) is 2.34. The van der Waals surface area contributed by atoms with E-state index >= 15 is 0 Å². The molecule has 108 valence electrons. The molecule has 0 fully saturated rings. The second kappa shape index (κ2) is 11.5. The highest BCUT2D eigenvalue weighted by molar-refractivity contribution is 5.66.